The van der Waals surface area contributed by atoms with E-state index in [4.69, 9.17) is 16.3 Å². The number of anilines is 1. The van der Waals surface area contributed by atoms with Gasteiger partial charge in [-0.2, -0.15) is 0 Å². The molecule has 5 heteroatoms. The fourth-order valence-electron chi connectivity index (χ4n) is 1.40. The maximum Gasteiger partial charge on any atom is 0.225 e. The van der Waals surface area contributed by atoms with E-state index in [2.05, 4.69) is 10.3 Å². The minimum Gasteiger partial charge on any atom is -0.487 e. The molecule has 1 aliphatic rings. The highest BCUT2D eigenvalue weighted by Gasteiger charge is 2.25. The smallest absolute Gasteiger partial charge is 0.225 e. The van der Waals surface area contributed by atoms with Crippen molar-refractivity contribution in [1.82, 2.24) is 4.98 Å². The molecule has 0 atom stereocenters. The number of pyridine rings is 1. The van der Waals surface area contributed by atoms with Gasteiger partial charge in [-0.3, -0.25) is 9.78 Å². The summed E-state index contributed by atoms with van der Waals surface area (Å²) in [6.45, 7) is 1.87. The van der Waals surface area contributed by atoms with E-state index in [1.807, 2.05) is 13.0 Å². The van der Waals surface area contributed by atoms with Gasteiger partial charge in [0, 0.05) is 18.0 Å². The van der Waals surface area contributed by atoms with Crippen molar-refractivity contribution in [2.45, 2.75) is 32.3 Å². The third kappa shape index (κ3) is 3.60. The second kappa shape index (κ2) is 5.36. The first-order chi connectivity index (χ1) is 8.19. The lowest BCUT2D eigenvalue weighted by Crippen LogP contribution is -2.13. The van der Waals surface area contributed by atoms with E-state index in [0.717, 1.165) is 18.5 Å². The van der Waals surface area contributed by atoms with Crippen LogP contribution in [0.5, 0.6) is 5.75 Å². The van der Waals surface area contributed by atoms with Gasteiger partial charge < -0.3 is 10.1 Å². The molecule has 0 radical (unpaired) electrons. The van der Waals surface area contributed by atoms with Gasteiger partial charge in [0.05, 0.1) is 18.0 Å². The first kappa shape index (κ1) is 12.2. The second-order valence-electron chi connectivity index (χ2n) is 4.13. The van der Waals surface area contributed by atoms with Gasteiger partial charge in [-0.15, -0.1) is 11.6 Å². The number of amides is 1. The number of hydrogen-bond acceptors (Lipinski definition) is 3. The van der Waals surface area contributed by atoms with Crippen molar-refractivity contribution in [2.24, 2.45) is 0 Å². The number of ether oxygens (including phenoxy) is 1. The molecule has 4 nitrogen and oxygen atoms in total. The molecule has 0 aromatic carbocycles. The first-order valence-corrected chi connectivity index (χ1v) is 6.21. The molecule has 2 rings (SSSR count). The molecule has 0 unspecified atom stereocenters. The molecule has 0 saturated heterocycles. The summed E-state index contributed by atoms with van der Waals surface area (Å²) >= 11 is 5.52. The molecule has 1 saturated carbocycles. The van der Waals surface area contributed by atoms with E-state index in [1.165, 1.54) is 0 Å². The fourth-order valence-corrected chi connectivity index (χ4v) is 1.57. The van der Waals surface area contributed by atoms with E-state index in [1.54, 1.807) is 6.20 Å². The van der Waals surface area contributed by atoms with Crippen molar-refractivity contribution in [3.05, 3.63) is 18.0 Å². The molecule has 1 aliphatic carbocycles. The summed E-state index contributed by atoms with van der Waals surface area (Å²) in [5.74, 6) is 0.849. The van der Waals surface area contributed by atoms with Gasteiger partial charge in [-0.05, 0) is 25.8 Å². The van der Waals surface area contributed by atoms with E-state index in [-0.39, 0.29) is 12.0 Å². The minimum absolute atomic E-state index is 0.105. The highest BCUT2D eigenvalue weighted by atomic mass is 35.5. The monoisotopic (exact) mass is 254 g/mol. The Bertz CT molecular complexity index is 419. The SMILES string of the molecule is Cc1cc(NC(=O)CCCl)c(OC2CC2)cn1. The summed E-state index contributed by atoms with van der Waals surface area (Å²) in [7, 11) is 0. The number of nitrogens with zero attached hydrogens (tertiary/aromatic N) is 1. The van der Waals surface area contributed by atoms with Gasteiger partial charge in [-0.25, -0.2) is 0 Å². The maximum atomic E-state index is 11.5. The number of aromatic nitrogens is 1. The predicted molar refractivity (Wildman–Crippen MR) is 66.6 cm³/mol. The molecule has 1 amide bonds. The molecule has 1 aromatic rings. The molecule has 1 N–H and O–H groups in total. The van der Waals surface area contributed by atoms with Gasteiger partial charge in [0.2, 0.25) is 5.91 Å². The number of carbonyl (C=O) groups excluding carboxylic acids is 1. The van der Waals surface area contributed by atoms with Crippen LogP contribution >= 0.6 is 11.6 Å². The number of carbonyl (C=O) groups is 1. The van der Waals surface area contributed by atoms with Gasteiger partial charge in [0.15, 0.2) is 5.75 Å². The topological polar surface area (TPSA) is 51.2 Å². The molecule has 1 fully saturated rings. The lowest BCUT2D eigenvalue weighted by Gasteiger charge is -2.12. The number of rotatable bonds is 5. The van der Waals surface area contributed by atoms with E-state index in [9.17, 15) is 4.79 Å². The zero-order valence-electron chi connectivity index (χ0n) is 9.70. The largest absolute Gasteiger partial charge is 0.487 e. The van der Waals surface area contributed by atoms with Crippen molar-refractivity contribution in [3.63, 3.8) is 0 Å². The average molecular weight is 255 g/mol. The van der Waals surface area contributed by atoms with Crippen LogP contribution in [-0.4, -0.2) is 22.9 Å². The minimum atomic E-state index is -0.105. The molecular formula is C12H15ClN2O2. The lowest BCUT2D eigenvalue weighted by molar-refractivity contribution is -0.115. The second-order valence-corrected chi connectivity index (χ2v) is 4.50. The molecule has 1 heterocycles. The van der Waals surface area contributed by atoms with E-state index in [0.29, 0.717) is 23.7 Å². The van der Waals surface area contributed by atoms with Crippen molar-refractivity contribution in [3.8, 4) is 5.75 Å². The summed E-state index contributed by atoms with van der Waals surface area (Å²) in [6.07, 6.45) is 4.38. The Morgan fingerprint density at radius 3 is 3.06 bits per heavy atom. The van der Waals surface area contributed by atoms with Crippen molar-refractivity contribution >= 4 is 23.2 Å². The summed E-state index contributed by atoms with van der Waals surface area (Å²) < 4.78 is 5.68. The first-order valence-electron chi connectivity index (χ1n) is 5.68. The standard InChI is InChI=1S/C12H15ClN2O2/c1-8-6-10(15-12(16)4-5-13)11(7-14-8)17-9-2-3-9/h6-7,9H,2-5H2,1H3,(H,14,15,16). The molecule has 1 aromatic heterocycles. The molecular weight excluding hydrogens is 240 g/mol. The third-order valence-electron chi connectivity index (χ3n) is 2.42. The number of alkyl halides is 1. The molecule has 0 spiro atoms. The van der Waals surface area contributed by atoms with Crippen molar-refractivity contribution in [1.29, 1.82) is 0 Å². The highest BCUT2D eigenvalue weighted by Crippen LogP contribution is 2.31. The van der Waals surface area contributed by atoms with Gasteiger partial charge in [-0.1, -0.05) is 0 Å². The van der Waals surface area contributed by atoms with Crippen molar-refractivity contribution in [2.75, 3.05) is 11.2 Å². The van der Waals surface area contributed by atoms with Crippen molar-refractivity contribution < 1.29 is 9.53 Å². The number of aryl methyl sites for hydroxylation is 1. The quantitative estimate of drug-likeness (QED) is 0.822. The molecule has 17 heavy (non-hydrogen) atoms. The maximum absolute atomic E-state index is 11.5. The Balaban J connectivity index is 2.10. The summed E-state index contributed by atoms with van der Waals surface area (Å²) in [5.41, 5.74) is 1.52. The van der Waals surface area contributed by atoms with Crippen LogP contribution < -0.4 is 10.1 Å². The average Bonchev–Trinajstić information content (AvgIpc) is 3.06. The van der Waals surface area contributed by atoms with Crippen LogP contribution in [0.4, 0.5) is 5.69 Å². The van der Waals surface area contributed by atoms with Crippen LogP contribution in [0.1, 0.15) is 25.0 Å². The summed E-state index contributed by atoms with van der Waals surface area (Å²) in [6, 6.07) is 1.81. The van der Waals surface area contributed by atoms with Gasteiger partial charge >= 0.3 is 0 Å². The van der Waals surface area contributed by atoms with Crippen LogP contribution in [0.2, 0.25) is 0 Å². The summed E-state index contributed by atoms with van der Waals surface area (Å²) in [4.78, 5) is 15.7. The number of nitrogens with one attached hydrogen (secondary N) is 1. The van der Waals surface area contributed by atoms with Crippen LogP contribution in [0.25, 0.3) is 0 Å². The normalized spacial score (nSPS) is 14.5. The predicted octanol–water partition coefficient (Wildman–Crippen LogP) is 2.50. The zero-order chi connectivity index (χ0) is 12.3. The van der Waals surface area contributed by atoms with E-state index >= 15 is 0 Å². The fraction of sp³-hybridized carbons (Fsp3) is 0.500. The Morgan fingerprint density at radius 2 is 2.41 bits per heavy atom. The summed E-state index contributed by atoms with van der Waals surface area (Å²) in [5, 5.41) is 2.80. The number of halogens is 1. The number of hydrogen-bond donors (Lipinski definition) is 1. The molecule has 0 aliphatic heterocycles. The Hall–Kier alpha value is -1.29. The Kier molecular flexibility index (Phi) is 3.84. The van der Waals surface area contributed by atoms with E-state index < -0.39 is 0 Å². The third-order valence-corrected chi connectivity index (χ3v) is 2.61. The Morgan fingerprint density at radius 1 is 1.65 bits per heavy atom. The van der Waals surface area contributed by atoms with Gasteiger partial charge in [0.25, 0.3) is 0 Å². The van der Waals surface area contributed by atoms with Crippen LogP contribution in [-0.2, 0) is 4.79 Å². The molecule has 92 valence electrons. The van der Waals surface area contributed by atoms with Gasteiger partial charge in [0.1, 0.15) is 0 Å². The van der Waals surface area contributed by atoms with Crippen LogP contribution in [0.15, 0.2) is 12.3 Å². The lowest BCUT2D eigenvalue weighted by atomic mass is 10.3. The van der Waals surface area contributed by atoms with Crippen LogP contribution in [0, 0.1) is 6.92 Å². The Labute approximate surface area is 105 Å². The van der Waals surface area contributed by atoms with Crippen LogP contribution in [0.3, 0.4) is 0 Å². The zero-order valence-corrected chi connectivity index (χ0v) is 10.5. The molecule has 0 bridgehead atoms. The highest BCUT2D eigenvalue weighted by molar-refractivity contribution is 6.19.